The predicted molar refractivity (Wildman–Crippen MR) is 101 cm³/mol. The Bertz CT molecular complexity index is 833. The standard InChI is InChI=1S/C21H22F2N2O2/c1-15(16-3-2-4-19(14-16)25-9-11-27-12-10-25)24-21(26)8-5-17-13-18(22)6-7-20(17)23/h2-8,13-15H,9-12H2,1H3,(H,24,26)/b8-5+/t15-/m0/s1. The van der Waals surface area contributed by atoms with Gasteiger partial charge < -0.3 is 15.0 Å². The fraction of sp³-hybridized carbons (Fsp3) is 0.286. The van der Waals surface area contributed by atoms with Crippen molar-refractivity contribution in [2.75, 3.05) is 31.2 Å². The molecule has 4 nitrogen and oxygen atoms in total. The summed E-state index contributed by atoms with van der Waals surface area (Å²) in [5.41, 5.74) is 2.10. The Hall–Kier alpha value is -2.73. The second-order valence-electron chi connectivity index (χ2n) is 6.42. The lowest BCUT2D eigenvalue weighted by Gasteiger charge is -2.29. The average molecular weight is 372 g/mol. The van der Waals surface area contributed by atoms with Gasteiger partial charge in [-0.15, -0.1) is 0 Å². The number of halogens is 2. The van der Waals surface area contributed by atoms with Crippen LogP contribution >= 0.6 is 0 Å². The molecule has 0 radical (unpaired) electrons. The van der Waals surface area contributed by atoms with Crippen molar-refractivity contribution in [1.29, 1.82) is 0 Å². The highest BCUT2D eigenvalue weighted by molar-refractivity contribution is 5.92. The lowest BCUT2D eigenvalue weighted by atomic mass is 10.1. The maximum atomic E-state index is 13.6. The molecule has 2 aromatic carbocycles. The van der Waals surface area contributed by atoms with E-state index in [0.29, 0.717) is 13.2 Å². The van der Waals surface area contributed by atoms with Crippen LogP contribution in [0.5, 0.6) is 0 Å². The summed E-state index contributed by atoms with van der Waals surface area (Å²) in [7, 11) is 0. The van der Waals surface area contributed by atoms with E-state index in [4.69, 9.17) is 4.74 Å². The van der Waals surface area contributed by atoms with Gasteiger partial charge in [0.25, 0.3) is 0 Å². The molecule has 27 heavy (non-hydrogen) atoms. The van der Waals surface area contributed by atoms with Crippen molar-refractivity contribution in [2.45, 2.75) is 13.0 Å². The summed E-state index contributed by atoms with van der Waals surface area (Å²) in [6, 6.07) is 10.9. The maximum Gasteiger partial charge on any atom is 0.244 e. The van der Waals surface area contributed by atoms with E-state index in [1.165, 1.54) is 12.2 Å². The van der Waals surface area contributed by atoms with Crippen molar-refractivity contribution in [3.8, 4) is 0 Å². The highest BCUT2D eigenvalue weighted by atomic mass is 19.1. The van der Waals surface area contributed by atoms with E-state index in [2.05, 4.69) is 10.2 Å². The van der Waals surface area contributed by atoms with Crippen molar-refractivity contribution in [1.82, 2.24) is 5.32 Å². The minimum Gasteiger partial charge on any atom is -0.378 e. The number of nitrogens with one attached hydrogen (secondary N) is 1. The molecule has 1 atom stereocenters. The molecule has 6 heteroatoms. The number of amides is 1. The second-order valence-corrected chi connectivity index (χ2v) is 6.42. The molecule has 142 valence electrons. The van der Waals surface area contributed by atoms with Gasteiger partial charge in [0.15, 0.2) is 0 Å². The Morgan fingerprint density at radius 3 is 2.74 bits per heavy atom. The van der Waals surface area contributed by atoms with Gasteiger partial charge in [0.05, 0.1) is 19.3 Å². The summed E-state index contributed by atoms with van der Waals surface area (Å²) in [5, 5.41) is 2.85. The van der Waals surface area contributed by atoms with Crippen LogP contribution in [-0.4, -0.2) is 32.2 Å². The quantitative estimate of drug-likeness (QED) is 0.814. The average Bonchev–Trinajstić information content (AvgIpc) is 2.69. The number of rotatable bonds is 5. The third kappa shape index (κ3) is 5.14. The summed E-state index contributed by atoms with van der Waals surface area (Å²) < 4.78 is 32.2. The summed E-state index contributed by atoms with van der Waals surface area (Å²) in [4.78, 5) is 14.4. The number of morpholine rings is 1. The first-order valence-electron chi connectivity index (χ1n) is 8.89. The van der Waals surface area contributed by atoms with E-state index in [1.54, 1.807) is 0 Å². The molecular formula is C21H22F2N2O2. The monoisotopic (exact) mass is 372 g/mol. The Kier molecular flexibility index (Phi) is 6.19. The molecule has 1 fully saturated rings. The maximum absolute atomic E-state index is 13.6. The molecule has 3 rings (SSSR count). The van der Waals surface area contributed by atoms with Gasteiger partial charge in [0.1, 0.15) is 11.6 Å². The number of carbonyl (C=O) groups excluding carboxylic acids is 1. The fourth-order valence-corrected chi connectivity index (χ4v) is 2.97. The van der Waals surface area contributed by atoms with E-state index in [-0.39, 0.29) is 17.5 Å². The molecule has 0 bridgehead atoms. The van der Waals surface area contributed by atoms with E-state index in [1.807, 2.05) is 31.2 Å². The van der Waals surface area contributed by atoms with E-state index in [9.17, 15) is 13.6 Å². The lowest BCUT2D eigenvalue weighted by molar-refractivity contribution is -0.117. The van der Waals surface area contributed by atoms with Crippen LogP contribution in [0.15, 0.2) is 48.5 Å². The van der Waals surface area contributed by atoms with Crippen LogP contribution in [0.1, 0.15) is 24.1 Å². The summed E-state index contributed by atoms with van der Waals surface area (Å²) >= 11 is 0. The van der Waals surface area contributed by atoms with Crippen LogP contribution in [0, 0.1) is 11.6 Å². The van der Waals surface area contributed by atoms with Crippen molar-refractivity contribution >= 4 is 17.7 Å². The zero-order valence-electron chi connectivity index (χ0n) is 15.1. The molecule has 0 unspecified atom stereocenters. The Morgan fingerprint density at radius 1 is 1.19 bits per heavy atom. The Labute approximate surface area is 157 Å². The van der Waals surface area contributed by atoms with E-state index >= 15 is 0 Å². The van der Waals surface area contributed by atoms with Crippen molar-refractivity contribution in [2.24, 2.45) is 0 Å². The summed E-state index contributed by atoms with van der Waals surface area (Å²) in [5.74, 6) is -1.50. The Morgan fingerprint density at radius 2 is 1.96 bits per heavy atom. The molecule has 2 aromatic rings. The molecule has 1 saturated heterocycles. The first kappa shape index (κ1) is 19.0. The SMILES string of the molecule is C[C@H](NC(=O)/C=C/c1cc(F)ccc1F)c1cccc(N2CCOCC2)c1. The van der Waals surface area contributed by atoms with E-state index < -0.39 is 11.6 Å². The lowest BCUT2D eigenvalue weighted by Crippen LogP contribution is -2.36. The molecule has 0 aromatic heterocycles. The molecule has 1 heterocycles. The summed E-state index contributed by atoms with van der Waals surface area (Å²) in [6.45, 7) is 4.97. The molecule has 1 aliphatic heterocycles. The zero-order valence-corrected chi connectivity index (χ0v) is 15.1. The van der Waals surface area contributed by atoms with Gasteiger partial charge in [0.2, 0.25) is 5.91 Å². The topological polar surface area (TPSA) is 41.6 Å². The largest absolute Gasteiger partial charge is 0.378 e. The van der Waals surface area contributed by atoms with Crippen LogP contribution in [0.3, 0.4) is 0 Å². The minimum atomic E-state index is -0.577. The van der Waals surface area contributed by atoms with Gasteiger partial charge >= 0.3 is 0 Å². The third-order valence-corrected chi connectivity index (χ3v) is 4.48. The van der Waals surface area contributed by atoms with Crippen molar-refractivity contribution in [3.63, 3.8) is 0 Å². The fourth-order valence-electron chi connectivity index (χ4n) is 2.97. The highest BCUT2D eigenvalue weighted by Gasteiger charge is 2.14. The normalized spacial score (nSPS) is 15.7. The van der Waals surface area contributed by atoms with E-state index in [0.717, 1.165) is 42.5 Å². The summed E-state index contributed by atoms with van der Waals surface area (Å²) in [6.07, 6.45) is 2.48. The number of hydrogen-bond acceptors (Lipinski definition) is 3. The van der Waals surface area contributed by atoms with Crippen LogP contribution in [0.4, 0.5) is 14.5 Å². The third-order valence-electron chi connectivity index (χ3n) is 4.48. The number of nitrogens with zero attached hydrogens (tertiary/aromatic N) is 1. The molecule has 1 amide bonds. The first-order chi connectivity index (χ1) is 13.0. The second kappa shape index (κ2) is 8.77. The molecule has 0 spiro atoms. The molecule has 0 saturated carbocycles. The van der Waals surface area contributed by atoms with Gasteiger partial charge in [-0.05, 0) is 48.9 Å². The number of carbonyl (C=O) groups is 1. The van der Waals surface area contributed by atoms with Gasteiger partial charge in [0, 0.05) is 30.4 Å². The van der Waals surface area contributed by atoms with Gasteiger partial charge in [-0.3, -0.25) is 4.79 Å². The predicted octanol–water partition coefficient (Wildman–Crippen LogP) is 3.69. The number of benzene rings is 2. The van der Waals surface area contributed by atoms with Crippen LogP contribution in [-0.2, 0) is 9.53 Å². The first-order valence-corrected chi connectivity index (χ1v) is 8.89. The van der Waals surface area contributed by atoms with Crippen molar-refractivity contribution in [3.05, 3.63) is 71.3 Å². The van der Waals surface area contributed by atoms with Crippen molar-refractivity contribution < 1.29 is 18.3 Å². The van der Waals surface area contributed by atoms with Crippen LogP contribution in [0.25, 0.3) is 6.08 Å². The minimum absolute atomic E-state index is 0.0344. The number of anilines is 1. The molecule has 1 aliphatic rings. The number of hydrogen-bond donors (Lipinski definition) is 1. The molecular weight excluding hydrogens is 350 g/mol. The van der Waals surface area contributed by atoms with Crippen LogP contribution in [0.2, 0.25) is 0 Å². The smallest absolute Gasteiger partial charge is 0.244 e. The molecule has 0 aliphatic carbocycles. The zero-order chi connectivity index (χ0) is 19.2. The van der Waals surface area contributed by atoms with Gasteiger partial charge in [-0.2, -0.15) is 0 Å². The molecule has 1 N–H and O–H groups in total. The number of ether oxygens (including phenoxy) is 1. The van der Waals surface area contributed by atoms with Crippen LogP contribution < -0.4 is 10.2 Å². The van der Waals surface area contributed by atoms with Gasteiger partial charge in [-0.1, -0.05) is 12.1 Å². The Balaban J connectivity index is 1.64. The highest BCUT2D eigenvalue weighted by Crippen LogP contribution is 2.21. The van der Waals surface area contributed by atoms with Gasteiger partial charge in [-0.25, -0.2) is 8.78 Å².